The lowest BCUT2D eigenvalue weighted by Gasteiger charge is -2.35. The molecule has 3 heterocycles. The molecule has 0 atom stereocenters. The van der Waals surface area contributed by atoms with Crippen molar-refractivity contribution in [3.05, 3.63) is 71.6 Å². The van der Waals surface area contributed by atoms with E-state index in [1.54, 1.807) is 30.6 Å². The molecule has 2 aromatic heterocycles. The number of nitrogens with one attached hydrogen (secondary N) is 1. The lowest BCUT2D eigenvalue weighted by molar-refractivity contribution is -0.115. The van der Waals surface area contributed by atoms with E-state index in [0.29, 0.717) is 30.3 Å². The van der Waals surface area contributed by atoms with E-state index in [4.69, 9.17) is 0 Å². The second-order valence-electron chi connectivity index (χ2n) is 6.90. The Kier molecular flexibility index (Phi) is 5.20. The fourth-order valence-electron chi connectivity index (χ4n) is 3.03. The van der Waals surface area contributed by atoms with Crippen LogP contribution in [-0.2, 0) is 17.8 Å². The number of benzene rings is 1. The normalized spacial score (nSPS) is 14.0. The Morgan fingerprint density at radius 2 is 1.90 bits per heavy atom. The number of carbonyl (C=O) groups is 1. The van der Waals surface area contributed by atoms with Gasteiger partial charge in [-0.2, -0.15) is 5.10 Å². The maximum Gasteiger partial charge on any atom is 0.230 e. The number of hydrogen-bond acceptors (Lipinski definition) is 4. The van der Waals surface area contributed by atoms with Gasteiger partial charge < -0.3 is 10.2 Å². The van der Waals surface area contributed by atoms with Crippen molar-refractivity contribution in [1.82, 2.24) is 14.8 Å². The summed E-state index contributed by atoms with van der Waals surface area (Å²) in [5.41, 5.74) is 1.28. The Morgan fingerprint density at radius 1 is 1.10 bits per heavy atom. The number of halogens is 3. The highest BCUT2D eigenvalue weighted by molar-refractivity contribution is 5.91. The van der Waals surface area contributed by atoms with Gasteiger partial charge in [0, 0.05) is 18.5 Å². The van der Waals surface area contributed by atoms with Crippen LogP contribution in [0.5, 0.6) is 0 Å². The van der Waals surface area contributed by atoms with E-state index < -0.39 is 17.8 Å². The standard InChI is InChI=1S/C20H18F3N5O/c21-15-11-27(12-15)19-4-2-13(9-24-19)8-20(29)25-18-5-6-28(26-18)10-14-1-3-16(22)17(23)7-14/h1-7,9,15H,8,10-12H2,(H,25,26,29). The van der Waals surface area contributed by atoms with Crippen molar-refractivity contribution in [2.45, 2.75) is 19.1 Å². The van der Waals surface area contributed by atoms with E-state index in [1.807, 2.05) is 4.90 Å². The van der Waals surface area contributed by atoms with Crippen LogP contribution >= 0.6 is 0 Å². The zero-order valence-electron chi connectivity index (χ0n) is 15.4. The Labute approximate surface area is 165 Å². The average molecular weight is 401 g/mol. The Hall–Kier alpha value is -3.36. The number of pyridine rings is 1. The number of nitrogens with zero attached hydrogens (tertiary/aromatic N) is 4. The summed E-state index contributed by atoms with van der Waals surface area (Å²) in [6, 6.07) is 8.83. The maximum atomic E-state index is 13.3. The topological polar surface area (TPSA) is 63.1 Å². The molecule has 9 heteroatoms. The third-order valence-electron chi connectivity index (χ3n) is 4.57. The minimum Gasteiger partial charge on any atom is -0.351 e. The molecule has 29 heavy (non-hydrogen) atoms. The summed E-state index contributed by atoms with van der Waals surface area (Å²) in [6.07, 6.45) is 2.56. The smallest absolute Gasteiger partial charge is 0.230 e. The predicted octanol–water partition coefficient (Wildman–Crippen LogP) is 2.94. The van der Waals surface area contributed by atoms with Crippen LogP contribution in [0, 0.1) is 11.6 Å². The number of rotatable bonds is 6. The summed E-state index contributed by atoms with van der Waals surface area (Å²) in [4.78, 5) is 18.3. The van der Waals surface area contributed by atoms with E-state index in [1.165, 1.54) is 10.7 Å². The number of carbonyl (C=O) groups excluding carboxylic acids is 1. The van der Waals surface area contributed by atoms with Crippen LogP contribution < -0.4 is 10.2 Å². The average Bonchev–Trinajstić information content (AvgIpc) is 3.09. The van der Waals surface area contributed by atoms with Gasteiger partial charge in [0.25, 0.3) is 0 Å². The first kappa shape index (κ1) is 19.0. The number of anilines is 2. The Morgan fingerprint density at radius 3 is 2.59 bits per heavy atom. The summed E-state index contributed by atoms with van der Waals surface area (Å²) >= 11 is 0. The van der Waals surface area contributed by atoms with Gasteiger partial charge in [0.15, 0.2) is 17.5 Å². The van der Waals surface area contributed by atoms with Crippen molar-refractivity contribution < 1.29 is 18.0 Å². The summed E-state index contributed by atoms with van der Waals surface area (Å²) in [7, 11) is 0. The van der Waals surface area contributed by atoms with Crippen LogP contribution in [0.25, 0.3) is 0 Å². The first-order valence-corrected chi connectivity index (χ1v) is 9.07. The van der Waals surface area contributed by atoms with E-state index in [2.05, 4.69) is 15.4 Å². The van der Waals surface area contributed by atoms with Crippen LogP contribution in [0.2, 0.25) is 0 Å². The second kappa shape index (κ2) is 7.94. The highest BCUT2D eigenvalue weighted by atomic mass is 19.2. The number of aromatic nitrogens is 3. The Bertz CT molecular complexity index is 1020. The quantitative estimate of drug-likeness (QED) is 0.690. The van der Waals surface area contributed by atoms with Gasteiger partial charge in [-0.15, -0.1) is 0 Å². The summed E-state index contributed by atoms with van der Waals surface area (Å²) in [5.74, 6) is -1.02. The van der Waals surface area contributed by atoms with Crippen molar-refractivity contribution in [2.75, 3.05) is 23.3 Å². The molecule has 1 saturated heterocycles. The summed E-state index contributed by atoms with van der Waals surface area (Å²) in [6.45, 7) is 0.939. The lowest BCUT2D eigenvalue weighted by atomic mass is 10.1. The van der Waals surface area contributed by atoms with Gasteiger partial charge in [-0.05, 0) is 29.3 Å². The molecule has 150 valence electrons. The molecule has 0 saturated carbocycles. The Balaban J connectivity index is 1.31. The van der Waals surface area contributed by atoms with Gasteiger partial charge in [0.2, 0.25) is 5.91 Å². The van der Waals surface area contributed by atoms with Crippen LogP contribution in [0.15, 0.2) is 48.8 Å². The third kappa shape index (κ3) is 4.56. The van der Waals surface area contributed by atoms with Crippen molar-refractivity contribution in [2.24, 2.45) is 0 Å². The molecule has 6 nitrogen and oxygen atoms in total. The van der Waals surface area contributed by atoms with Gasteiger partial charge in [0.1, 0.15) is 12.0 Å². The predicted molar refractivity (Wildman–Crippen MR) is 101 cm³/mol. The van der Waals surface area contributed by atoms with E-state index in [9.17, 15) is 18.0 Å². The van der Waals surface area contributed by atoms with Crippen molar-refractivity contribution in [3.63, 3.8) is 0 Å². The molecular formula is C20H18F3N5O. The summed E-state index contributed by atoms with van der Waals surface area (Å²) < 4.78 is 40.7. The van der Waals surface area contributed by atoms with Crippen molar-refractivity contribution >= 4 is 17.5 Å². The fraction of sp³-hybridized carbons (Fsp3) is 0.250. The van der Waals surface area contributed by atoms with Crippen LogP contribution in [0.3, 0.4) is 0 Å². The van der Waals surface area contributed by atoms with Gasteiger partial charge in [-0.1, -0.05) is 12.1 Å². The molecule has 1 aliphatic heterocycles. The van der Waals surface area contributed by atoms with Crippen LogP contribution in [0.1, 0.15) is 11.1 Å². The van der Waals surface area contributed by atoms with Crippen LogP contribution in [0.4, 0.5) is 24.8 Å². The number of alkyl halides is 1. The molecule has 1 aromatic carbocycles. The highest BCUT2D eigenvalue weighted by Gasteiger charge is 2.27. The monoisotopic (exact) mass is 401 g/mol. The van der Waals surface area contributed by atoms with Crippen molar-refractivity contribution in [1.29, 1.82) is 0 Å². The van der Waals surface area contributed by atoms with Crippen LogP contribution in [-0.4, -0.2) is 39.9 Å². The molecule has 0 bridgehead atoms. The van der Waals surface area contributed by atoms with E-state index in [-0.39, 0.29) is 18.9 Å². The SMILES string of the molecule is O=C(Cc1ccc(N2CC(F)C2)nc1)Nc1ccn(Cc2ccc(F)c(F)c2)n1. The first-order valence-electron chi connectivity index (χ1n) is 9.07. The minimum absolute atomic E-state index is 0.120. The number of amides is 1. The molecule has 3 aromatic rings. The zero-order valence-corrected chi connectivity index (χ0v) is 15.4. The molecule has 0 aliphatic carbocycles. The molecule has 1 fully saturated rings. The first-order chi connectivity index (χ1) is 14.0. The largest absolute Gasteiger partial charge is 0.351 e. The summed E-state index contributed by atoms with van der Waals surface area (Å²) in [5, 5.41) is 6.90. The fourth-order valence-corrected chi connectivity index (χ4v) is 3.03. The van der Waals surface area contributed by atoms with E-state index in [0.717, 1.165) is 17.7 Å². The second-order valence-corrected chi connectivity index (χ2v) is 6.90. The third-order valence-corrected chi connectivity index (χ3v) is 4.57. The van der Waals surface area contributed by atoms with E-state index >= 15 is 0 Å². The highest BCUT2D eigenvalue weighted by Crippen LogP contribution is 2.20. The lowest BCUT2D eigenvalue weighted by Crippen LogP contribution is -2.48. The molecule has 1 aliphatic rings. The molecule has 1 amide bonds. The molecular weight excluding hydrogens is 383 g/mol. The van der Waals surface area contributed by atoms with Gasteiger partial charge in [0.05, 0.1) is 26.1 Å². The molecule has 1 N–H and O–H groups in total. The minimum atomic E-state index is -0.915. The molecule has 0 unspecified atom stereocenters. The zero-order chi connectivity index (χ0) is 20.4. The van der Waals surface area contributed by atoms with Gasteiger partial charge in [-0.25, -0.2) is 18.2 Å². The molecule has 4 rings (SSSR count). The van der Waals surface area contributed by atoms with Gasteiger partial charge >= 0.3 is 0 Å². The van der Waals surface area contributed by atoms with Crippen molar-refractivity contribution in [3.8, 4) is 0 Å². The molecule has 0 radical (unpaired) electrons. The number of hydrogen-bond donors (Lipinski definition) is 1. The van der Waals surface area contributed by atoms with Gasteiger partial charge in [-0.3, -0.25) is 9.48 Å². The molecule has 0 spiro atoms. The maximum absolute atomic E-state index is 13.3.